The van der Waals surface area contributed by atoms with E-state index in [2.05, 4.69) is 0 Å². The molecule has 2 N–H and O–H groups in total. The third kappa shape index (κ3) is 2.89. The Balaban J connectivity index is 1.66. The average molecular weight is 260 g/mol. The molecular formula is C15H20N2O2. The van der Waals surface area contributed by atoms with Gasteiger partial charge in [0.25, 0.3) is 0 Å². The Kier molecular flexibility index (Phi) is 3.42. The highest BCUT2D eigenvalue weighted by Gasteiger charge is 2.31. The number of para-hydroxylation sites is 1. The van der Waals surface area contributed by atoms with Crippen LogP contribution in [0.5, 0.6) is 5.75 Å². The van der Waals surface area contributed by atoms with Gasteiger partial charge in [0.2, 0.25) is 5.91 Å². The number of ether oxygens (including phenoxy) is 1. The van der Waals surface area contributed by atoms with Crippen molar-refractivity contribution in [3.05, 3.63) is 29.8 Å². The SMILES string of the molecule is NC(CC(=O)N1CCOc2ccccc2C1)C1CC1. The lowest BCUT2D eigenvalue weighted by Crippen LogP contribution is -2.37. The standard InChI is InChI=1S/C15H20N2O2/c16-13(11-5-6-11)9-15(18)17-7-8-19-14-4-2-1-3-12(14)10-17/h1-4,11,13H,5-10,16H2. The highest BCUT2D eigenvalue weighted by atomic mass is 16.5. The van der Waals surface area contributed by atoms with Crippen LogP contribution in [0.25, 0.3) is 0 Å². The third-order valence-electron chi connectivity index (χ3n) is 3.94. The van der Waals surface area contributed by atoms with Crippen molar-refractivity contribution >= 4 is 5.91 Å². The van der Waals surface area contributed by atoms with Crippen molar-refractivity contribution in [1.29, 1.82) is 0 Å². The van der Waals surface area contributed by atoms with E-state index in [4.69, 9.17) is 10.5 Å². The van der Waals surface area contributed by atoms with Crippen LogP contribution in [-0.2, 0) is 11.3 Å². The molecule has 1 aliphatic heterocycles. The molecular weight excluding hydrogens is 240 g/mol. The van der Waals surface area contributed by atoms with Gasteiger partial charge in [-0.1, -0.05) is 18.2 Å². The second kappa shape index (κ2) is 5.21. The van der Waals surface area contributed by atoms with Crippen molar-refractivity contribution in [2.45, 2.75) is 31.8 Å². The number of amides is 1. The Morgan fingerprint density at radius 3 is 3.00 bits per heavy atom. The van der Waals surface area contributed by atoms with E-state index < -0.39 is 0 Å². The Morgan fingerprint density at radius 1 is 1.42 bits per heavy atom. The molecule has 1 saturated carbocycles. The minimum atomic E-state index is 0.0342. The highest BCUT2D eigenvalue weighted by Crippen LogP contribution is 2.33. The van der Waals surface area contributed by atoms with Crippen molar-refractivity contribution in [1.82, 2.24) is 4.90 Å². The Morgan fingerprint density at radius 2 is 2.21 bits per heavy atom. The Labute approximate surface area is 113 Å². The van der Waals surface area contributed by atoms with Crippen molar-refractivity contribution in [2.75, 3.05) is 13.2 Å². The Hall–Kier alpha value is -1.55. The summed E-state index contributed by atoms with van der Waals surface area (Å²) in [5, 5.41) is 0. The first-order valence-corrected chi connectivity index (χ1v) is 6.98. The van der Waals surface area contributed by atoms with Crippen LogP contribution < -0.4 is 10.5 Å². The van der Waals surface area contributed by atoms with E-state index in [-0.39, 0.29) is 11.9 Å². The molecule has 4 heteroatoms. The third-order valence-corrected chi connectivity index (χ3v) is 3.94. The predicted octanol–water partition coefficient (Wildman–Crippen LogP) is 1.53. The average Bonchev–Trinajstić information content (AvgIpc) is 3.24. The van der Waals surface area contributed by atoms with Gasteiger partial charge >= 0.3 is 0 Å². The van der Waals surface area contributed by atoms with Crippen LogP contribution in [0.4, 0.5) is 0 Å². The molecule has 0 aromatic heterocycles. The summed E-state index contributed by atoms with van der Waals surface area (Å²) in [4.78, 5) is 14.2. The van der Waals surface area contributed by atoms with Crippen molar-refractivity contribution in [3.63, 3.8) is 0 Å². The van der Waals surface area contributed by atoms with Crippen LogP contribution >= 0.6 is 0 Å². The lowest BCUT2D eigenvalue weighted by Gasteiger charge is -2.21. The summed E-state index contributed by atoms with van der Waals surface area (Å²) in [6.07, 6.45) is 2.83. The van der Waals surface area contributed by atoms with Gasteiger partial charge in [-0.3, -0.25) is 4.79 Å². The molecule has 1 amide bonds. The summed E-state index contributed by atoms with van der Waals surface area (Å²) in [5.41, 5.74) is 7.12. The first-order valence-electron chi connectivity index (χ1n) is 6.98. The monoisotopic (exact) mass is 260 g/mol. The van der Waals surface area contributed by atoms with E-state index in [1.54, 1.807) is 0 Å². The van der Waals surface area contributed by atoms with Gasteiger partial charge in [0.05, 0.1) is 6.54 Å². The number of hydrogen-bond donors (Lipinski definition) is 1. The van der Waals surface area contributed by atoms with E-state index in [1.165, 1.54) is 12.8 Å². The fraction of sp³-hybridized carbons (Fsp3) is 0.533. The molecule has 102 valence electrons. The zero-order chi connectivity index (χ0) is 13.2. The topological polar surface area (TPSA) is 55.6 Å². The van der Waals surface area contributed by atoms with E-state index in [9.17, 15) is 4.79 Å². The molecule has 1 atom stereocenters. The summed E-state index contributed by atoms with van der Waals surface area (Å²) in [7, 11) is 0. The van der Waals surface area contributed by atoms with E-state index >= 15 is 0 Å². The number of carbonyl (C=O) groups excluding carboxylic acids is 1. The van der Waals surface area contributed by atoms with Gasteiger partial charge in [-0.15, -0.1) is 0 Å². The smallest absolute Gasteiger partial charge is 0.224 e. The molecule has 4 nitrogen and oxygen atoms in total. The lowest BCUT2D eigenvalue weighted by atomic mass is 10.1. The van der Waals surface area contributed by atoms with Crippen LogP contribution in [0.3, 0.4) is 0 Å². The number of nitrogens with zero attached hydrogens (tertiary/aromatic N) is 1. The van der Waals surface area contributed by atoms with E-state index in [0.717, 1.165) is 11.3 Å². The van der Waals surface area contributed by atoms with Crippen LogP contribution in [0, 0.1) is 5.92 Å². The molecule has 1 aromatic carbocycles. The number of fused-ring (bicyclic) bond motifs is 1. The van der Waals surface area contributed by atoms with Crippen LogP contribution in [0.2, 0.25) is 0 Å². The van der Waals surface area contributed by atoms with Gasteiger partial charge in [0.15, 0.2) is 0 Å². The van der Waals surface area contributed by atoms with Crippen LogP contribution in [0.1, 0.15) is 24.8 Å². The molecule has 0 bridgehead atoms. The maximum absolute atomic E-state index is 12.3. The van der Waals surface area contributed by atoms with Crippen LogP contribution in [0.15, 0.2) is 24.3 Å². The molecule has 1 heterocycles. The molecule has 2 aliphatic rings. The molecule has 1 fully saturated rings. The molecule has 0 spiro atoms. The zero-order valence-corrected chi connectivity index (χ0v) is 11.0. The van der Waals surface area contributed by atoms with Gasteiger partial charge in [-0.05, 0) is 24.8 Å². The summed E-state index contributed by atoms with van der Waals surface area (Å²) in [6, 6.07) is 7.94. The summed E-state index contributed by atoms with van der Waals surface area (Å²) >= 11 is 0. The van der Waals surface area contributed by atoms with Crippen LogP contribution in [-0.4, -0.2) is 30.0 Å². The molecule has 1 aliphatic carbocycles. The van der Waals surface area contributed by atoms with Gasteiger partial charge < -0.3 is 15.4 Å². The molecule has 0 radical (unpaired) electrons. The molecule has 0 saturated heterocycles. The number of hydrogen-bond acceptors (Lipinski definition) is 3. The maximum atomic E-state index is 12.3. The molecule has 3 rings (SSSR count). The second-order valence-corrected chi connectivity index (χ2v) is 5.48. The highest BCUT2D eigenvalue weighted by molar-refractivity contribution is 5.77. The molecule has 1 unspecified atom stereocenters. The first kappa shape index (κ1) is 12.5. The minimum absolute atomic E-state index is 0.0342. The van der Waals surface area contributed by atoms with Crippen molar-refractivity contribution in [3.8, 4) is 5.75 Å². The van der Waals surface area contributed by atoms with Crippen molar-refractivity contribution < 1.29 is 9.53 Å². The van der Waals surface area contributed by atoms with Gasteiger partial charge in [0.1, 0.15) is 12.4 Å². The first-order chi connectivity index (χ1) is 9.24. The normalized spacial score (nSPS) is 20.2. The zero-order valence-electron chi connectivity index (χ0n) is 11.0. The summed E-state index contributed by atoms with van der Waals surface area (Å²) in [6.45, 7) is 1.83. The van der Waals surface area contributed by atoms with Crippen molar-refractivity contribution in [2.24, 2.45) is 11.7 Å². The van der Waals surface area contributed by atoms with Gasteiger partial charge in [-0.2, -0.15) is 0 Å². The van der Waals surface area contributed by atoms with E-state index in [0.29, 0.717) is 32.0 Å². The van der Waals surface area contributed by atoms with Gasteiger partial charge in [-0.25, -0.2) is 0 Å². The number of rotatable bonds is 3. The number of benzene rings is 1. The largest absolute Gasteiger partial charge is 0.491 e. The number of carbonyl (C=O) groups is 1. The second-order valence-electron chi connectivity index (χ2n) is 5.48. The fourth-order valence-electron chi connectivity index (χ4n) is 2.56. The van der Waals surface area contributed by atoms with Gasteiger partial charge in [0, 0.05) is 24.6 Å². The molecule has 1 aromatic rings. The Bertz CT molecular complexity index is 471. The maximum Gasteiger partial charge on any atom is 0.224 e. The lowest BCUT2D eigenvalue weighted by molar-refractivity contribution is -0.132. The number of nitrogens with two attached hydrogens (primary N) is 1. The molecule has 19 heavy (non-hydrogen) atoms. The fourth-order valence-corrected chi connectivity index (χ4v) is 2.56. The minimum Gasteiger partial charge on any atom is -0.491 e. The quantitative estimate of drug-likeness (QED) is 0.896. The van der Waals surface area contributed by atoms with E-state index in [1.807, 2.05) is 29.2 Å². The summed E-state index contributed by atoms with van der Waals surface area (Å²) < 4.78 is 5.67. The predicted molar refractivity (Wildman–Crippen MR) is 72.7 cm³/mol. The summed E-state index contributed by atoms with van der Waals surface area (Å²) in [5.74, 6) is 1.61.